The zero-order valence-corrected chi connectivity index (χ0v) is 25.1. The van der Waals surface area contributed by atoms with E-state index in [0.29, 0.717) is 5.96 Å². The van der Waals surface area contributed by atoms with Crippen molar-refractivity contribution < 1.29 is 0 Å². The van der Waals surface area contributed by atoms with Gasteiger partial charge >= 0.3 is 0 Å². The van der Waals surface area contributed by atoms with Crippen LogP contribution in [0.15, 0.2) is 156 Å². The van der Waals surface area contributed by atoms with Crippen LogP contribution in [0.4, 0.5) is 0 Å². The first-order chi connectivity index (χ1) is 22.8. The largest absolute Gasteiger partial charge is 0.305 e. The number of hydrogen-bond acceptors (Lipinski definition) is 3. The van der Waals surface area contributed by atoms with Crippen LogP contribution in [0.25, 0.3) is 65.4 Å². The normalized spacial score (nSPS) is 15.5. The molecule has 6 nitrogen and oxygen atoms in total. The molecule has 0 bridgehead atoms. The summed E-state index contributed by atoms with van der Waals surface area (Å²) >= 11 is 0. The van der Waals surface area contributed by atoms with Crippen molar-refractivity contribution in [2.45, 2.75) is 6.29 Å². The van der Waals surface area contributed by atoms with Gasteiger partial charge in [0, 0.05) is 39.4 Å². The number of benzene rings is 6. The van der Waals surface area contributed by atoms with Gasteiger partial charge in [0.15, 0.2) is 0 Å². The van der Waals surface area contributed by atoms with Gasteiger partial charge in [-0.05, 0) is 36.4 Å². The fraction of sp³-hybridized carbons (Fsp3) is 0.0500. The second-order valence-corrected chi connectivity index (χ2v) is 11.9. The number of hydrogen-bond donors (Lipinski definition) is 0. The van der Waals surface area contributed by atoms with Crippen LogP contribution in [0.3, 0.4) is 0 Å². The first-order valence-corrected chi connectivity index (χ1v) is 15.6. The molecule has 0 radical (unpaired) electrons. The van der Waals surface area contributed by atoms with Crippen LogP contribution in [0, 0.1) is 0 Å². The Labute approximate surface area is 264 Å². The zero-order chi connectivity index (χ0) is 30.4. The van der Waals surface area contributed by atoms with Crippen molar-refractivity contribution in [1.29, 1.82) is 0 Å². The van der Waals surface area contributed by atoms with Crippen LogP contribution in [-0.2, 0) is 0 Å². The molecule has 0 aliphatic carbocycles. The highest BCUT2D eigenvalue weighted by molar-refractivity contribution is 6.18. The molecule has 0 spiro atoms. The van der Waals surface area contributed by atoms with Crippen molar-refractivity contribution in [3.63, 3.8) is 0 Å². The summed E-state index contributed by atoms with van der Waals surface area (Å²) in [4.78, 5) is 13.2. The van der Waals surface area contributed by atoms with Crippen molar-refractivity contribution in [3.8, 4) is 0 Å². The Morgan fingerprint density at radius 3 is 1.15 bits per heavy atom. The molecule has 9 aromatic rings. The van der Waals surface area contributed by atoms with Gasteiger partial charge in [-0.3, -0.25) is 9.13 Å². The van der Waals surface area contributed by atoms with E-state index in [2.05, 4.69) is 171 Å². The minimum Gasteiger partial charge on any atom is -0.305 e. The molecule has 10 rings (SSSR count). The predicted molar refractivity (Wildman–Crippen MR) is 191 cm³/mol. The third-order valence-corrected chi connectivity index (χ3v) is 9.50. The van der Waals surface area contributed by atoms with E-state index >= 15 is 0 Å². The predicted octanol–water partition coefficient (Wildman–Crippen LogP) is 9.22. The van der Waals surface area contributed by atoms with E-state index in [-0.39, 0.29) is 0 Å². The Kier molecular flexibility index (Phi) is 5.17. The number of aliphatic imine (C=N–C) groups is 2. The molecule has 218 valence electrons. The third-order valence-electron chi connectivity index (χ3n) is 9.50. The first kappa shape index (κ1) is 25.2. The summed E-state index contributed by atoms with van der Waals surface area (Å²) in [6.07, 6.45) is -0.410. The number of nitrogens with zero attached hydrogens (tertiary/aromatic N) is 6. The Morgan fingerprint density at radius 2 is 0.739 bits per heavy atom. The Morgan fingerprint density at radius 1 is 0.413 bits per heavy atom. The van der Waals surface area contributed by atoms with E-state index in [0.717, 1.165) is 39.1 Å². The average Bonchev–Trinajstić information content (AvgIpc) is 3.75. The molecule has 1 unspecified atom stereocenters. The topological polar surface area (TPSA) is 42.8 Å². The van der Waals surface area contributed by atoms with E-state index in [1.165, 1.54) is 32.3 Å². The first-order valence-electron chi connectivity index (χ1n) is 15.6. The summed E-state index contributed by atoms with van der Waals surface area (Å²) in [5, 5.41) is 7.18. The summed E-state index contributed by atoms with van der Waals surface area (Å²) in [6.45, 7) is 0. The van der Waals surface area contributed by atoms with E-state index in [1.807, 2.05) is 0 Å². The molecular weight excluding hydrogens is 564 g/mol. The average molecular weight is 593 g/mol. The SMILES string of the molecule is CN1C(n2c3ccccc3c3ccccc32)=NC(n2c3ccccc3c3ccccc32)=NC1n1c2ccccc2c2ccccc21. The van der Waals surface area contributed by atoms with Crippen LogP contribution < -0.4 is 0 Å². The molecular formula is C40H28N6. The molecule has 0 N–H and O–H groups in total. The highest BCUT2D eigenvalue weighted by atomic mass is 15.5. The van der Waals surface area contributed by atoms with Crippen molar-refractivity contribution in [2.75, 3.05) is 7.05 Å². The second-order valence-electron chi connectivity index (χ2n) is 11.9. The molecule has 4 heterocycles. The zero-order valence-electron chi connectivity index (χ0n) is 25.1. The van der Waals surface area contributed by atoms with E-state index in [1.54, 1.807) is 0 Å². The van der Waals surface area contributed by atoms with E-state index in [4.69, 9.17) is 9.98 Å². The van der Waals surface area contributed by atoms with Gasteiger partial charge < -0.3 is 9.47 Å². The number of aromatic nitrogens is 3. The number of para-hydroxylation sites is 6. The van der Waals surface area contributed by atoms with Crippen LogP contribution in [0.1, 0.15) is 6.29 Å². The van der Waals surface area contributed by atoms with Gasteiger partial charge in [-0.2, -0.15) is 4.99 Å². The van der Waals surface area contributed by atoms with Crippen LogP contribution in [-0.4, -0.2) is 37.6 Å². The van der Waals surface area contributed by atoms with Gasteiger partial charge in [-0.15, -0.1) is 0 Å². The molecule has 6 heteroatoms. The lowest BCUT2D eigenvalue weighted by molar-refractivity contribution is 0.288. The minimum absolute atomic E-state index is 0.410. The maximum atomic E-state index is 5.54. The fourth-order valence-electron chi connectivity index (χ4n) is 7.51. The summed E-state index contributed by atoms with van der Waals surface area (Å²) in [7, 11) is 2.11. The Hall–Kier alpha value is -6.14. The second kappa shape index (κ2) is 9.43. The maximum absolute atomic E-state index is 5.54. The molecule has 3 aromatic heterocycles. The molecule has 6 aromatic carbocycles. The monoisotopic (exact) mass is 592 g/mol. The fourth-order valence-corrected chi connectivity index (χ4v) is 7.51. The molecule has 1 aliphatic rings. The van der Waals surface area contributed by atoms with Gasteiger partial charge in [0.05, 0.1) is 33.1 Å². The highest BCUT2D eigenvalue weighted by Gasteiger charge is 2.32. The molecule has 0 saturated heterocycles. The minimum atomic E-state index is -0.410. The van der Waals surface area contributed by atoms with Crippen LogP contribution in [0.5, 0.6) is 0 Å². The highest BCUT2D eigenvalue weighted by Crippen LogP contribution is 2.37. The van der Waals surface area contributed by atoms with Crippen LogP contribution in [0.2, 0.25) is 0 Å². The van der Waals surface area contributed by atoms with Gasteiger partial charge in [0.1, 0.15) is 0 Å². The molecule has 1 atom stereocenters. The van der Waals surface area contributed by atoms with Crippen molar-refractivity contribution >= 4 is 77.3 Å². The van der Waals surface area contributed by atoms with Crippen molar-refractivity contribution in [2.24, 2.45) is 9.98 Å². The lowest BCUT2D eigenvalue weighted by Crippen LogP contribution is -2.42. The smallest absolute Gasteiger partial charge is 0.236 e. The van der Waals surface area contributed by atoms with Crippen LogP contribution >= 0.6 is 0 Å². The molecule has 0 saturated carbocycles. The summed E-state index contributed by atoms with van der Waals surface area (Å²) in [6, 6.07) is 51.5. The molecule has 0 amide bonds. The summed E-state index contributed by atoms with van der Waals surface area (Å²) < 4.78 is 6.89. The third kappa shape index (κ3) is 3.35. The molecule has 46 heavy (non-hydrogen) atoms. The Balaban J connectivity index is 1.34. The Bertz CT molecular complexity index is 2580. The van der Waals surface area contributed by atoms with Crippen molar-refractivity contribution in [1.82, 2.24) is 18.6 Å². The lowest BCUT2D eigenvalue weighted by atomic mass is 10.2. The standard InChI is InChI=1S/C40H28N6/c1-43-39(45-34-22-10-4-16-28(34)29-17-5-11-23-35(29)45)41-38(44-32-20-8-2-14-26(32)27-15-3-9-21-33(27)44)42-40(43)46-36-24-12-6-18-30(36)31-19-7-13-25-37(31)46/h2-25,39H,1H3. The van der Waals surface area contributed by atoms with E-state index in [9.17, 15) is 0 Å². The maximum Gasteiger partial charge on any atom is 0.236 e. The lowest BCUT2D eigenvalue weighted by Gasteiger charge is -2.34. The van der Waals surface area contributed by atoms with Gasteiger partial charge in [0.2, 0.25) is 18.2 Å². The van der Waals surface area contributed by atoms with E-state index < -0.39 is 6.29 Å². The quantitative estimate of drug-likeness (QED) is 0.187. The summed E-state index contributed by atoms with van der Waals surface area (Å²) in [5.74, 6) is 1.47. The van der Waals surface area contributed by atoms with Gasteiger partial charge in [-0.25, -0.2) is 4.99 Å². The number of fused-ring (bicyclic) bond motifs is 9. The van der Waals surface area contributed by atoms with Crippen molar-refractivity contribution in [3.05, 3.63) is 146 Å². The van der Waals surface area contributed by atoms with Gasteiger partial charge in [0.25, 0.3) is 0 Å². The molecule has 1 aliphatic heterocycles. The number of rotatable bonds is 1. The van der Waals surface area contributed by atoms with Gasteiger partial charge in [-0.1, -0.05) is 109 Å². The molecule has 0 fully saturated rings. The summed E-state index contributed by atoms with van der Waals surface area (Å²) in [5.41, 5.74) is 6.65.